The van der Waals surface area contributed by atoms with Crippen molar-refractivity contribution >= 4 is 17.5 Å². The SMILES string of the molecule is CN1C(C)(C)CC(Nc2nc(Nc3ccc(OC(F)(F)F)c(-c4cccnc4)c3)ncc2F)CC1(C)C. The van der Waals surface area contributed by atoms with Gasteiger partial charge in [0.1, 0.15) is 5.75 Å². The van der Waals surface area contributed by atoms with Gasteiger partial charge in [0.05, 0.1) is 6.20 Å². The topological polar surface area (TPSA) is 75.2 Å². The first-order valence-electron chi connectivity index (χ1n) is 11.8. The Balaban J connectivity index is 1.59. The minimum absolute atomic E-state index is 0.0190. The van der Waals surface area contributed by atoms with Crippen LogP contribution in [0.4, 0.5) is 35.0 Å². The largest absolute Gasteiger partial charge is 0.573 e. The molecular formula is C26H30F4N6O. The van der Waals surface area contributed by atoms with Crippen LogP contribution in [0.1, 0.15) is 40.5 Å². The van der Waals surface area contributed by atoms with Crippen LogP contribution in [0, 0.1) is 5.82 Å². The van der Waals surface area contributed by atoms with Crippen LogP contribution >= 0.6 is 0 Å². The van der Waals surface area contributed by atoms with E-state index in [1.54, 1.807) is 12.1 Å². The summed E-state index contributed by atoms with van der Waals surface area (Å²) >= 11 is 0. The van der Waals surface area contributed by atoms with Crippen molar-refractivity contribution in [2.24, 2.45) is 0 Å². The molecule has 1 saturated heterocycles. The predicted octanol–water partition coefficient (Wildman–Crippen LogP) is 6.38. The fourth-order valence-corrected chi connectivity index (χ4v) is 4.89. The number of ether oxygens (including phenoxy) is 1. The van der Waals surface area contributed by atoms with Crippen molar-refractivity contribution in [2.45, 2.75) is 64.0 Å². The number of pyridine rings is 1. The average Bonchev–Trinajstić information content (AvgIpc) is 2.80. The Hall–Kier alpha value is -3.47. The molecule has 11 heteroatoms. The standard InChI is InChI=1S/C26H30F4N6O/c1-24(2)12-18(13-25(3,4)36(24)5)33-22-20(27)15-32-23(35-22)34-17-8-9-21(37-26(28,29)30)19(11-17)16-7-6-10-31-14-16/h6-11,14-15,18H,12-13H2,1-5H3,(H2,32,33,34,35). The summed E-state index contributed by atoms with van der Waals surface area (Å²) in [5.41, 5.74) is 0.791. The highest BCUT2D eigenvalue weighted by Crippen LogP contribution is 2.39. The van der Waals surface area contributed by atoms with Crippen LogP contribution < -0.4 is 15.4 Å². The maximum Gasteiger partial charge on any atom is 0.573 e. The number of benzene rings is 1. The first kappa shape index (κ1) is 26.6. The lowest BCUT2D eigenvalue weighted by Gasteiger charge is -2.53. The molecule has 2 N–H and O–H groups in total. The van der Waals surface area contributed by atoms with E-state index in [1.807, 2.05) is 0 Å². The number of halogens is 4. The number of alkyl halides is 3. The Morgan fingerprint density at radius 2 is 1.76 bits per heavy atom. The van der Waals surface area contributed by atoms with Gasteiger partial charge in [-0.1, -0.05) is 6.07 Å². The van der Waals surface area contributed by atoms with Gasteiger partial charge < -0.3 is 15.4 Å². The molecule has 3 aromatic rings. The van der Waals surface area contributed by atoms with Crippen molar-refractivity contribution in [3.8, 4) is 16.9 Å². The molecule has 1 aromatic carbocycles. The molecule has 3 heterocycles. The van der Waals surface area contributed by atoms with Crippen LogP contribution in [-0.4, -0.2) is 50.4 Å². The molecule has 4 rings (SSSR count). The summed E-state index contributed by atoms with van der Waals surface area (Å²) in [6.07, 6.45) is 0.727. The molecule has 0 aliphatic carbocycles. The van der Waals surface area contributed by atoms with Crippen LogP contribution in [0.25, 0.3) is 11.1 Å². The molecule has 0 amide bonds. The summed E-state index contributed by atoms with van der Waals surface area (Å²) in [6, 6.07) is 7.29. The van der Waals surface area contributed by atoms with Crippen LogP contribution in [0.5, 0.6) is 5.75 Å². The smallest absolute Gasteiger partial charge is 0.405 e. The fraction of sp³-hybridized carbons (Fsp3) is 0.423. The second-order valence-corrected chi connectivity index (χ2v) is 10.4. The normalized spacial score (nSPS) is 17.9. The number of anilines is 3. The lowest BCUT2D eigenvalue weighted by molar-refractivity contribution is -0.274. The molecule has 1 aliphatic rings. The Labute approximate surface area is 213 Å². The highest BCUT2D eigenvalue weighted by atomic mass is 19.4. The molecule has 7 nitrogen and oxygen atoms in total. The van der Waals surface area contributed by atoms with E-state index in [-0.39, 0.29) is 40.2 Å². The van der Waals surface area contributed by atoms with Crippen LogP contribution in [-0.2, 0) is 0 Å². The number of piperidine rings is 1. The molecule has 37 heavy (non-hydrogen) atoms. The van der Waals surface area contributed by atoms with Crippen LogP contribution in [0.15, 0.2) is 48.9 Å². The lowest BCUT2D eigenvalue weighted by atomic mass is 9.77. The van der Waals surface area contributed by atoms with Gasteiger partial charge in [0, 0.05) is 46.3 Å². The van der Waals surface area contributed by atoms with Crippen molar-refractivity contribution < 1.29 is 22.3 Å². The highest BCUT2D eigenvalue weighted by Gasteiger charge is 2.43. The van der Waals surface area contributed by atoms with E-state index in [0.717, 1.165) is 19.0 Å². The first-order valence-corrected chi connectivity index (χ1v) is 11.8. The van der Waals surface area contributed by atoms with Crippen LogP contribution in [0.3, 0.4) is 0 Å². The molecule has 1 aliphatic heterocycles. The summed E-state index contributed by atoms with van der Waals surface area (Å²) in [4.78, 5) is 14.6. The number of likely N-dealkylation sites (tertiary alicyclic amines) is 1. The Morgan fingerprint density at radius 1 is 1.05 bits per heavy atom. The molecule has 0 atom stereocenters. The number of nitrogens with zero attached hydrogens (tertiary/aromatic N) is 4. The molecular weight excluding hydrogens is 488 g/mol. The number of hydrogen-bond acceptors (Lipinski definition) is 7. The third kappa shape index (κ3) is 6.27. The van der Waals surface area contributed by atoms with Crippen molar-refractivity contribution in [2.75, 3.05) is 17.7 Å². The number of rotatable bonds is 6. The molecule has 0 bridgehead atoms. The van der Waals surface area contributed by atoms with Crippen LogP contribution in [0.2, 0.25) is 0 Å². The van der Waals surface area contributed by atoms with Gasteiger partial charge in [0.2, 0.25) is 5.95 Å². The minimum atomic E-state index is -4.86. The monoisotopic (exact) mass is 518 g/mol. The maximum absolute atomic E-state index is 14.7. The molecule has 0 unspecified atom stereocenters. The molecule has 0 saturated carbocycles. The van der Waals surface area contributed by atoms with E-state index in [2.05, 4.69) is 70.0 Å². The Kier molecular flexibility index (Phi) is 7.02. The third-order valence-electron chi connectivity index (χ3n) is 6.83. The zero-order valence-electron chi connectivity index (χ0n) is 21.3. The maximum atomic E-state index is 14.7. The van der Waals surface area contributed by atoms with Gasteiger partial charge in [-0.05, 0) is 71.8 Å². The second kappa shape index (κ2) is 9.77. The van der Waals surface area contributed by atoms with Crippen molar-refractivity contribution in [3.63, 3.8) is 0 Å². The number of nitrogens with one attached hydrogen (secondary N) is 2. The van der Waals surface area contributed by atoms with Gasteiger partial charge in [-0.2, -0.15) is 4.98 Å². The molecule has 1 fully saturated rings. The van der Waals surface area contributed by atoms with Gasteiger partial charge in [-0.15, -0.1) is 13.2 Å². The summed E-state index contributed by atoms with van der Waals surface area (Å²) in [5.74, 6) is -0.814. The third-order valence-corrected chi connectivity index (χ3v) is 6.83. The van der Waals surface area contributed by atoms with E-state index in [0.29, 0.717) is 11.3 Å². The summed E-state index contributed by atoms with van der Waals surface area (Å²) < 4.78 is 57.7. The zero-order valence-corrected chi connectivity index (χ0v) is 21.3. The fourth-order valence-electron chi connectivity index (χ4n) is 4.89. The minimum Gasteiger partial charge on any atom is -0.405 e. The van der Waals surface area contributed by atoms with Crippen molar-refractivity contribution in [3.05, 3.63) is 54.7 Å². The number of aromatic nitrogens is 3. The van der Waals surface area contributed by atoms with E-state index in [4.69, 9.17) is 0 Å². The molecule has 0 spiro atoms. The zero-order chi connectivity index (χ0) is 27.0. The quantitative estimate of drug-likeness (QED) is 0.367. The van der Waals surface area contributed by atoms with E-state index in [1.165, 1.54) is 30.6 Å². The predicted molar refractivity (Wildman–Crippen MR) is 134 cm³/mol. The number of hydrogen-bond donors (Lipinski definition) is 2. The Bertz CT molecular complexity index is 1230. The van der Waals surface area contributed by atoms with Crippen molar-refractivity contribution in [1.82, 2.24) is 19.9 Å². The van der Waals surface area contributed by atoms with E-state index >= 15 is 0 Å². The summed E-state index contributed by atoms with van der Waals surface area (Å²) in [6.45, 7) is 8.60. The molecule has 0 radical (unpaired) electrons. The molecule has 198 valence electrons. The second-order valence-electron chi connectivity index (χ2n) is 10.4. The lowest BCUT2D eigenvalue weighted by Crippen LogP contribution is -2.61. The average molecular weight is 519 g/mol. The van der Waals surface area contributed by atoms with E-state index < -0.39 is 12.2 Å². The molecule has 2 aromatic heterocycles. The van der Waals surface area contributed by atoms with Gasteiger partial charge in [0.15, 0.2) is 11.6 Å². The summed E-state index contributed by atoms with van der Waals surface area (Å²) in [7, 11) is 2.09. The van der Waals surface area contributed by atoms with E-state index in [9.17, 15) is 17.6 Å². The van der Waals surface area contributed by atoms with Gasteiger partial charge >= 0.3 is 6.36 Å². The Morgan fingerprint density at radius 3 is 2.38 bits per heavy atom. The first-order chi connectivity index (χ1) is 17.2. The summed E-state index contributed by atoms with van der Waals surface area (Å²) in [5, 5.41) is 6.19. The van der Waals surface area contributed by atoms with Gasteiger partial charge in [-0.25, -0.2) is 9.37 Å². The van der Waals surface area contributed by atoms with Crippen molar-refractivity contribution in [1.29, 1.82) is 0 Å². The highest BCUT2D eigenvalue weighted by molar-refractivity contribution is 5.75. The van der Waals surface area contributed by atoms with Gasteiger partial charge in [0.25, 0.3) is 0 Å². The van der Waals surface area contributed by atoms with Gasteiger partial charge in [-0.3, -0.25) is 9.88 Å².